The second-order valence-corrected chi connectivity index (χ2v) is 6.05. The third-order valence-corrected chi connectivity index (χ3v) is 4.94. The minimum absolute atomic E-state index is 0.364. The van der Waals surface area contributed by atoms with Crippen molar-refractivity contribution in [2.45, 2.75) is 31.9 Å². The SMILES string of the molecule is Cc1ccc(OC2CC34CC3CN(C)C24)nc1. The lowest BCUT2D eigenvalue weighted by Gasteiger charge is -2.46. The van der Waals surface area contributed by atoms with Crippen molar-refractivity contribution in [3.63, 3.8) is 0 Å². The average molecular weight is 230 g/mol. The number of pyridine rings is 1. The van der Waals surface area contributed by atoms with E-state index in [9.17, 15) is 0 Å². The van der Waals surface area contributed by atoms with Gasteiger partial charge in [0, 0.05) is 18.8 Å². The first-order valence-electron chi connectivity index (χ1n) is 6.49. The van der Waals surface area contributed by atoms with Crippen LogP contribution in [0.15, 0.2) is 18.3 Å². The third-order valence-electron chi connectivity index (χ3n) is 4.94. The minimum atomic E-state index is 0.364. The summed E-state index contributed by atoms with van der Waals surface area (Å²) in [6.45, 7) is 3.32. The number of ether oxygens (including phenoxy) is 1. The van der Waals surface area contributed by atoms with Crippen molar-refractivity contribution < 1.29 is 4.74 Å². The zero-order valence-electron chi connectivity index (χ0n) is 10.4. The standard InChI is InChI=1S/C14H18N2O/c1-9-3-4-12(15-7-9)17-11-6-14-5-10(14)8-16(2)13(11)14/h3-4,7,10-11,13H,5-6,8H2,1-2H3. The normalized spacial score (nSPS) is 42.6. The molecule has 0 amide bonds. The van der Waals surface area contributed by atoms with Crippen LogP contribution in [0.5, 0.6) is 5.88 Å². The highest BCUT2D eigenvalue weighted by molar-refractivity contribution is 5.27. The van der Waals surface area contributed by atoms with Gasteiger partial charge >= 0.3 is 0 Å². The molecule has 0 aromatic carbocycles. The van der Waals surface area contributed by atoms with E-state index in [0.717, 1.165) is 11.8 Å². The summed E-state index contributed by atoms with van der Waals surface area (Å²) < 4.78 is 6.03. The number of aryl methyl sites for hydroxylation is 1. The average Bonchev–Trinajstić information content (AvgIpc) is 2.91. The maximum Gasteiger partial charge on any atom is 0.213 e. The zero-order valence-corrected chi connectivity index (χ0v) is 10.4. The topological polar surface area (TPSA) is 25.4 Å². The molecule has 2 aliphatic carbocycles. The molecular weight excluding hydrogens is 212 g/mol. The molecule has 4 atom stereocenters. The van der Waals surface area contributed by atoms with Gasteiger partial charge in [-0.2, -0.15) is 0 Å². The van der Waals surface area contributed by atoms with Crippen molar-refractivity contribution in [3.8, 4) is 5.88 Å². The van der Waals surface area contributed by atoms with Crippen LogP contribution in [0.25, 0.3) is 0 Å². The Morgan fingerprint density at radius 3 is 3.00 bits per heavy atom. The Balaban J connectivity index is 1.49. The van der Waals surface area contributed by atoms with Crippen molar-refractivity contribution in [2.75, 3.05) is 13.6 Å². The Kier molecular flexibility index (Phi) is 1.76. The van der Waals surface area contributed by atoms with Crippen LogP contribution in [0, 0.1) is 18.3 Å². The first kappa shape index (κ1) is 9.89. The Bertz CT molecular complexity index is 458. The Morgan fingerprint density at radius 1 is 1.41 bits per heavy atom. The van der Waals surface area contributed by atoms with E-state index in [2.05, 4.69) is 29.9 Å². The third kappa shape index (κ3) is 1.23. The van der Waals surface area contributed by atoms with Crippen molar-refractivity contribution in [1.82, 2.24) is 9.88 Å². The maximum atomic E-state index is 6.03. The van der Waals surface area contributed by atoms with Crippen molar-refractivity contribution in [2.24, 2.45) is 11.3 Å². The zero-order chi connectivity index (χ0) is 11.6. The molecule has 1 aromatic heterocycles. The van der Waals surface area contributed by atoms with Crippen LogP contribution in [-0.2, 0) is 0 Å². The predicted octanol–water partition coefficient (Wildman–Crippen LogP) is 1.86. The van der Waals surface area contributed by atoms with Crippen molar-refractivity contribution >= 4 is 0 Å². The van der Waals surface area contributed by atoms with Crippen molar-refractivity contribution in [3.05, 3.63) is 23.9 Å². The quantitative estimate of drug-likeness (QED) is 0.775. The number of likely N-dealkylation sites (tertiary alicyclic amines) is 1. The molecule has 3 heteroatoms. The first-order chi connectivity index (χ1) is 8.19. The molecule has 0 radical (unpaired) electrons. The van der Waals surface area contributed by atoms with Crippen molar-refractivity contribution in [1.29, 1.82) is 0 Å². The van der Waals surface area contributed by atoms with Gasteiger partial charge < -0.3 is 4.74 Å². The van der Waals surface area contributed by atoms with Gasteiger partial charge in [0.15, 0.2) is 0 Å². The lowest BCUT2D eigenvalue weighted by atomic mass is 9.73. The smallest absolute Gasteiger partial charge is 0.213 e. The van der Waals surface area contributed by atoms with E-state index < -0.39 is 0 Å². The highest BCUT2D eigenvalue weighted by Crippen LogP contribution is 2.71. The van der Waals surface area contributed by atoms with E-state index in [1.165, 1.54) is 24.9 Å². The van der Waals surface area contributed by atoms with Gasteiger partial charge in [0.25, 0.3) is 0 Å². The Labute approximate surface area is 102 Å². The van der Waals surface area contributed by atoms with Crippen LogP contribution in [0.3, 0.4) is 0 Å². The summed E-state index contributed by atoms with van der Waals surface area (Å²) in [6, 6.07) is 4.70. The molecule has 2 heterocycles. The number of nitrogens with zero attached hydrogens (tertiary/aromatic N) is 2. The summed E-state index contributed by atoms with van der Waals surface area (Å²) >= 11 is 0. The van der Waals surface area contributed by atoms with E-state index in [-0.39, 0.29) is 0 Å². The van der Waals surface area contributed by atoms with E-state index >= 15 is 0 Å². The van der Waals surface area contributed by atoms with Crippen LogP contribution in [0.1, 0.15) is 18.4 Å². The lowest BCUT2D eigenvalue weighted by Crippen LogP contribution is -2.56. The molecule has 3 nitrogen and oxygen atoms in total. The number of aromatic nitrogens is 1. The molecule has 1 aromatic rings. The number of hydrogen-bond acceptors (Lipinski definition) is 3. The van der Waals surface area contributed by atoms with Gasteiger partial charge in [0.2, 0.25) is 5.88 Å². The molecule has 1 aliphatic heterocycles. The molecule has 4 unspecified atom stereocenters. The van der Waals surface area contributed by atoms with Gasteiger partial charge in [-0.3, -0.25) is 4.90 Å². The molecule has 1 saturated heterocycles. The van der Waals surface area contributed by atoms with E-state index in [1.54, 1.807) is 0 Å². The largest absolute Gasteiger partial charge is 0.473 e. The van der Waals surface area contributed by atoms with Crippen LogP contribution >= 0.6 is 0 Å². The summed E-state index contributed by atoms with van der Waals surface area (Å²) in [6.07, 6.45) is 4.91. The maximum absolute atomic E-state index is 6.03. The van der Waals surface area contributed by atoms with Gasteiger partial charge in [-0.05, 0) is 43.7 Å². The summed E-state index contributed by atoms with van der Waals surface area (Å²) in [5.41, 5.74) is 1.83. The van der Waals surface area contributed by atoms with E-state index in [1.807, 2.05) is 12.3 Å². The van der Waals surface area contributed by atoms with E-state index in [0.29, 0.717) is 17.6 Å². The second kappa shape index (κ2) is 3.02. The molecule has 3 fully saturated rings. The molecule has 4 rings (SSSR count). The van der Waals surface area contributed by atoms with Crippen LogP contribution < -0.4 is 4.74 Å². The van der Waals surface area contributed by atoms with Crippen LogP contribution in [-0.4, -0.2) is 35.6 Å². The van der Waals surface area contributed by atoms with Crippen LogP contribution in [0.4, 0.5) is 0 Å². The summed E-state index contributed by atoms with van der Waals surface area (Å²) in [7, 11) is 2.23. The number of likely N-dealkylation sites (N-methyl/N-ethyl adjacent to an activating group) is 1. The minimum Gasteiger partial charge on any atom is -0.473 e. The molecule has 0 bridgehead atoms. The number of rotatable bonds is 2. The van der Waals surface area contributed by atoms with Gasteiger partial charge in [0.1, 0.15) is 6.10 Å². The summed E-state index contributed by atoms with van der Waals surface area (Å²) in [5, 5.41) is 0. The van der Waals surface area contributed by atoms with Gasteiger partial charge in [-0.1, -0.05) is 6.07 Å². The highest BCUT2D eigenvalue weighted by atomic mass is 16.5. The Hall–Kier alpha value is -1.09. The number of piperidine rings is 1. The molecule has 17 heavy (non-hydrogen) atoms. The highest BCUT2D eigenvalue weighted by Gasteiger charge is 2.74. The molecule has 3 aliphatic rings. The molecular formula is C14H18N2O. The van der Waals surface area contributed by atoms with Gasteiger partial charge in [-0.25, -0.2) is 4.98 Å². The Morgan fingerprint density at radius 2 is 2.29 bits per heavy atom. The molecule has 1 spiro atoms. The first-order valence-corrected chi connectivity index (χ1v) is 6.49. The molecule has 2 saturated carbocycles. The molecule has 90 valence electrons. The number of hydrogen-bond donors (Lipinski definition) is 0. The fourth-order valence-corrected chi connectivity index (χ4v) is 4.04. The summed E-state index contributed by atoms with van der Waals surface area (Å²) in [5.74, 6) is 1.75. The molecule has 0 N–H and O–H groups in total. The van der Waals surface area contributed by atoms with E-state index in [4.69, 9.17) is 4.74 Å². The lowest BCUT2D eigenvalue weighted by molar-refractivity contribution is -0.0340. The fourth-order valence-electron chi connectivity index (χ4n) is 4.04. The summed E-state index contributed by atoms with van der Waals surface area (Å²) in [4.78, 5) is 6.82. The monoisotopic (exact) mass is 230 g/mol. The van der Waals surface area contributed by atoms with Crippen LogP contribution in [0.2, 0.25) is 0 Å². The van der Waals surface area contributed by atoms with Gasteiger partial charge in [-0.15, -0.1) is 0 Å². The fraction of sp³-hybridized carbons (Fsp3) is 0.643. The van der Waals surface area contributed by atoms with Gasteiger partial charge in [0.05, 0.1) is 6.04 Å². The predicted molar refractivity (Wildman–Crippen MR) is 65.0 cm³/mol. The second-order valence-electron chi connectivity index (χ2n) is 6.05.